The molecule has 1 saturated heterocycles. The number of likely N-dealkylation sites (N-methyl/N-ethyl adjacent to an activating group) is 1. The highest BCUT2D eigenvalue weighted by Crippen LogP contribution is 2.20. The average Bonchev–Trinajstić information content (AvgIpc) is 2.54. The number of sulfonamides is 1. The van der Waals surface area contributed by atoms with Gasteiger partial charge in [0.2, 0.25) is 21.8 Å². The molecule has 0 aliphatic carbocycles. The van der Waals surface area contributed by atoms with Crippen LogP contribution >= 0.6 is 0 Å². The van der Waals surface area contributed by atoms with Crippen LogP contribution in [0.3, 0.4) is 0 Å². The maximum Gasteiger partial charge on any atom is 0.243 e. The van der Waals surface area contributed by atoms with Gasteiger partial charge in [0.25, 0.3) is 0 Å². The number of nitrogens with one attached hydrogen (secondary N) is 1. The molecule has 2 amide bonds. The Morgan fingerprint density at radius 3 is 2.36 bits per heavy atom. The summed E-state index contributed by atoms with van der Waals surface area (Å²) in [6.45, 7) is 1.69. The third kappa shape index (κ3) is 3.12. The first-order chi connectivity index (χ1) is 10.4. The Bertz CT molecular complexity index is 660. The lowest BCUT2D eigenvalue weighted by Gasteiger charge is -2.39. The molecule has 1 fully saturated rings. The van der Waals surface area contributed by atoms with Crippen LogP contribution in [0.1, 0.15) is 6.92 Å². The summed E-state index contributed by atoms with van der Waals surface area (Å²) in [6.07, 6.45) is 0. The molecule has 0 bridgehead atoms. The van der Waals surface area contributed by atoms with Crippen LogP contribution in [0.25, 0.3) is 0 Å². The maximum absolute atomic E-state index is 12.6. The van der Waals surface area contributed by atoms with Crippen LogP contribution in [0.4, 0.5) is 0 Å². The summed E-state index contributed by atoms with van der Waals surface area (Å²) in [6, 6.07) is 7.25. The molecule has 1 aromatic rings. The first-order valence-electron chi connectivity index (χ1n) is 6.92. The minimum absolute atomic E-state index is 0.0452. The fourth-order valence-electron chi connectivity index (χ4n) is 2.49. The van der Waals surface area contributed by atoms with Crippen LogP contribution in [0, 0.1) is 0 Å². The van der Waals surface area contributed by atoms with Crippen LogP contribution in [0.15, 0.2) is 35.2 Å². The SMILES string of the molecule is CNC(=O)[C@H]1CN(S(=O)(=O)c2ccccc2)CCN1C(C)=O. The van der Waals surface area contributed by atoms with Gasteiger partial charge < -0.3 is 10.2 Å². The summed E-state index contributed by atoms with van der Waals surface area (Å²) in [7, 11) is -2.21. The van der Waals surface area contributed by atoms with Gasteiger partial charge >= 0.3 is 0 Å². The highest BCUT2D eigenvalue weighted by atomic mass is 32.2. The molecule has 8 heteroatoms. The second kappa shape index (κ2) is 6.45. The van der Waals surface area contributed by atoms with E-state index in [4.69, 9.17) is 0 Å². The van der Waals surface area contributed by atoms with Gasteiger partial charge in [-0.1, -0.05) is 18.2 Å². The number of hydrogen-bond donors (Lipinski definition) is 1. The summed E-state index contributed by atoms with van der Waals surface area (Å²) in [4.78, 5) is 25.2. The summed E-state index contributed by atoms with van der Waals surface area (Å²) < 4.78 is 26.5. The average molecular weight is 325 g/mol. The Kier molecular flexibility index (Phi) is 4.82. The lowest BCUT2D eigenvalue weighted by atomic mass is 10.2. The Balaban J connectivity index is 2.28. The van der Waals surface area contributed by atoms with Gasteiger partial charge in [0.15, 0.2) is 0 Å². The monoisotopic (exact) mass is 325 g/mol. The van der Waals surface area contributed by atoms with Crippen molar-refractivity contribution in [3.05, 3.63) is 30.3 Å². The highest BCUT2D eigenvalue weighted by Gasteiger charge is 2.38. The first-order valence-corrected chi connectivity index (χ1v) is 8.36. The number of carbonyl (C=O) groups is 2. The molecule has 120 valence electrons. The van der Waals surface area contributed by atoms with E-state index in [9.17, 15) is 18.0 Å². The zero-order valence-corrected chi connectivity index (χ0v) is 13.3. The highest BCUT2D eigenvalue weighted by molar-refractivity contribution is 7.89. The van der Waals surface area contributed by atoms with E-state index in [-0.39, 0.29) is 36.3 Å². The standard InChI is InChI=1S/C14H19N3O4S/c1-11(18)17-9-8-16(10-13(17)14(19)15-2)22(20,21)12-6-4-3-5-7-12/h3-7,13H,8-10H2,1-2H3,(H,15,19)/t13-/m1/s1. The van der Waals surface area contributed by atoms with Gasteiger partial charge in [-0.3, -0.25) is 9.59 Å². The van der Waals surface area contributed by atoms with Crippen LogP contribution in [0.5, 0.6) is 0 Å². The topological polar surface area (TPSA) is 86.8 Å². The maximum atomic E-state index is 12.6. The Morgan fingerprint density at radius 2 is 1.82 bits per heavy atom. The molecular weight excluding hydrogens is 306 g/mol. The molecular formula is C14H19N3O4S. The van der Waals surface area contributed by atoms with E-state index in [1.165, 1.54) is 35.3 Å². The lowest BCUT2D eigenvalue weighted by molar-refractivity contribution is -0.141. The van der Waals surface area contributed by atoms with E-state index >= 15 is 0 Å². The van der Waals surface area contributed by atoms with Crippen molar-refractivity contribution in [3.8, 4) is 0 Å². The lowest BCUT2D eigenvalue weighted by Crippen LogP contribution is -2.60. The van der Waals surface area contributed by atoms with E-state index in [0.717, 1.165) is 0 Å². The van der Waals surface area contributed by atoms with Crippen molar-refractivity contribution in [1.29, 1.82) is 0 Å². The summed E-state index contributed by atoms with van der Waals surface area (Å²) in [5.74, 6) is -0.617. The number of nitrogens with zero attached hydrogens (tertiary/aromatic N) is 2. The van der Waals surface area contributed by atoms with Crippen LogP contribution in [-0.4, -0.2) is 62.2 Å². The second-order valence-electron chi connectivity index (χ2n) is 5.02. The van der Waals surface area contributed by atoms with Crippen molar-refractivity contribution >= 4 is 21.8 Å². The van der Waals surface area contributed by atoms with E-state index in [1.54, 1.807) is 18.2 Å². The molecule has 0 aromatic heterocycles. The minimum Gasteiger partial charge on any atom is -0.357 e. The summed E-state index contributed by atoms with van der Waals surface area (Å²) in [5.41, 5.74) is 0. The first kappa shape index (κ1) is 16.4. The molecule has 1 N–H and O–H groups in total. The molecule has 1 atom stereocenters. The molecule has 0 unspecified atom stereocenters. The number of carbonyl (C=O) groups excluding carboxylic acids is 2. The van der Waals surface area contributed by atoms with E-state index in [1.807, 2.05) is 0 Å². The van der Waals surface area contributed by atoms with Crippen molar-refractivity contribution in [2.45, 2.75) is 17.9 Å². The minimum atomic E-state index is -3.67. The van der Waals surface area contributed by atoms with E-state index in [2.05, 4.69) is 5.32 Å². The molecule has 1 aliphatic heterocycles. The van der Waals surface area contributed by atoms with Crippen LogP contribution in [-0.2, 0) is 19.6 Å². The predicted molar refractivity (Wildman–Crippen MR) is 80.4 cm³/mol. The molecule has 0 saturated carbocycles. The Hall–Kier alpha value is -1.93. The van der Waals surface area contributed by atoms with Crippen LogP contribution in [0.2, 0.25) is 0 Å². The predicted octanol–water partition coefficient (Wildman–Crippen LogP) is -0.346. The normalized spacial score (nSPS) is 19.7. The van der Waals surface area contributed by atoms with Crippen molar-refractivity contribution in [1.82, 2.24) is 14.5 Å². The third-order valence-electron chi connectivity index (χ3n) is 3.68. The number of benzene rings is 1. The molecule has 0 radical (unpaired) electrons. The zero-order valence-electron chi connectivity index (χ0n) is 12.5. The van der Waals surface area contributed by atoms with Crippen molar-refractivity contribution in [2.75, 3.05) is 26.7 Å². The van der Waals surface area contributed by atoms with Gasteiger partial charge in [-0.25, -0.2) is 8.42 Å². The number of amides is 2. The molecule has 0 spiro atoms. The molecule has 7 nitrogen and oxygen atoms in total. The van der Waals surface area contributed by atoms with Crippen LogP contribution < -0.4 is 5.32 Å². The Morgan fingerprint density at radius 1 is 1.18 bits per heavy atom. The Labute approximate surface area is 129 Å². The molecule has 2 rings (SSSR count). The fraction of sp³-hybridized carbons (Fsp3) is 0.429. The molecule has 22 heavy (non-hydrogen) atoms. The molecule has 1 aromatic carbocycles. The largest absolute Gasteiger partial charge is 0.357 e. The van der Waals surface area contributed by atoms with Gasteiger partial charge in [0.1, 0.15) is 6.04 Å². The van der Waals surface area contributed by atoms with Gasteiger partial charge in [-0.05, 0) is 12.1 Å². The van der Waals surface area contributed by atoms with Crippen molar-refractivity contribution in [3.63, 3.8) is 0 Å². The second-order valence-corrected chi connectivity index (χ2v) is 6.96. The van der Waals surface area contributed by atoms with Gasteiger partial charge in [0.05, 0.1) is 4.90 Å². The number of hydrogen-bond acceptors (Lipinski definition) is 4. The molecule has 1 heterocycles. The van der Waals surface area contributed by atoms with E-state index in [0.29, 0.717) is 0 Å². The smallest absolute Gasteiger partial charge is 0.243 e. The van der Waals surface area contributed by atoms with Gasteiger partial charge in [0, 0.05) is 33.6 Å². The van der Waals surface area contributed by atoms with Crippen molar-refractivity contribution in [2.24, 2.45) is 0 Å². The zero-order chi connectivity index (χ0) is 16.3. The van der Waals surface area contributed by atoms with Crippen molar-refractivity contribution < 1.29 is 18.0 Å². The summed E-state index contributed by atoms with van der Waals surface area (Å²) >= 11 is 0. The third-order valence-corrected chi connectivity index (χ3v) is 5.56. The fourth-order valence-corrected chi connectivity index (χ4v) is 3.94. The quantitative estimate of drug-likeness (QED) is 0.823. The van der Waals surface area contributed by atoms with E-state index < -0.39 is 16.1 Å². The number of rotatable bonds is 3. The number of piperazine rings is 1. The van der Waals surface area contributed by atoms with Gasteiger partial charge in [-0.2, -0.15) is 4.31 Å². The van der Waals surface area contributed by atoms with Gasteiger partial charge in [-0.15, -0.1) is 0 Å². The molecule has 1 aliphatic rings. The summed E-state index contributed by atoms with van der Waals surface area (Å²) in [5, 5.41) is 2.48.